The molecule has 0 unspecified atom stereocenters. The Bertz CT molecular complexity index is 1270. The molecule has 2 aliphatic rings. The number of piperidine rings is 1. The van der Waals surface area contributed by atoms with Gasteiger partial charge in [0.05, 0.1) is 5.69 Å². The van der Waals surface area contributed by atoms with Gasteiger partial charge in [-0.1, -0.05) is 39.0 Å². The number of aryl methyl sites for hydroxylation is 1. The zero-order chi connectivity index (χ0) is 25.4. The van der Waals surface area contributed by atoms with Crippen molar-refractivity contribution >= 4 is 44.9 Å². The Morgan fingerprint density at radius 1 is 1.14 bits per heavy atom. The summed E-state index contributed by atoms with van der Waals surface area (Å²) in [7, 11) is 0. The number of ether oxygens (including phenoxy) is 1. The Balaban J connectivity index is 1.22. The number of urea groups is 1. The highest BCUT2D eigenvalue weighted by Crippen LogP contribution is 2.40. The Labute approximate surface area is 216 Å². The quantitative estimate of drug-likeness (QED) is 0.432. The number of nitrogen functional groups attached to an aromatic ring is 1. The molecule has 1 aliphatic carbocycles. The maximum Gasteiger partial charge on any atom is 0.350 e. The van der Waals surface area contributed by atoms with Crippen molar-refractivity contribution in [3.05, 3.63) is 52.5 Å². The molecule has 1 fully saturated rings. The number of pyridine rings is 1. The van der Waals surface area contributed by atoms with Crippen LogP contribution in [0.25, 0.3) is 10.2 Å². The van der Waals surface area contributed by atoms with Gasteiger partial charge in [-0.25, -0.2) is 14.6 Å². The number of nitrogens with two attached hydrogens (primary N) is 1. The fourth-order valence-electron chi connectivity index (χ4n) is 5.19. The van der Waals surface area contributed by atoms with Gasteiger partial charge in [0.1, 0.15) is 15.8 Å². The number of hydrogen-bond acceptors (Lipinski definition) is 6. The van der Waals surface area contributed by atoms with E-state index in [1.165, 1.54) is 16.9 Å². The lowest BCUT2D eigenvalue weighted by Crippen LogP contribution is -2.43. The van der Waals surface area contributed by atoms with Gasteiger partial charge in [0.2, 0.25) is 0 Å². The Hall–Kier alpha value is -3.13. The van der Waals surface area contributed by atoms with Gasteiger partial charge in [-0.15, -0.1) is 11.3 Å². The van der Waals surface area contributed by atoms with Gasteiger partial charge in [0.15, 0.2) is 0 Å². The second kappa shape index (κ2) is 9.73. The van der Waals surface area contributed by atoms with E-state index in [1.54, 1.807) is 4.90 Å². The molecule has 5 rings (SSSR count). The standard InChI is InChI=1S/C28H34N4O3S/c1-28(2,3)18-9-10-22-17(15-18)16-21-23(29)24(36-25(21)31-22)26(33)35-20-11-13-32(14-12-20)27(34)30-19-7-5-4-6-8-19/h4-8,16,18,20H,9-15,29H2,1-3H3,(H,30,34)/t18-/m0/s1. The summed E-state index contributed by atoms with van der Waals surface area (Å²) in [6.07, 6.45) is 4.04. The molecule has 8 heteroatoms. The number of thiophene rings is 1. The average Bonchev–Trinajstić information content (AvgIpc) is 3.18. The van der Waals surface area contributed by atoms with Crippen LogP contribution in [0, 0.1) is 11.3 Å². The van der Waals surface area contributed by atoms with Crippen molar-refractivity contribution in [2.24, 2.45) is 11.3 Å². The molecule has 1 atom stereocenters. The van der Waals surface area contributed by atoms with Gasteiger partial charge in [-0.05, 0) is 54.4 Å². The summed E-state index contributed by atoms with van der Waals surface area (Å²) < 4.78 is 5.83. The molecule has 7 nitrogen and oxygen atoms in total. The molecule has 36 heavy (non-hydrogen) atoms. The summed E-state index contributed by atoms with van der Waals surface area (Å²) in [5, 5.41) is 3.76. The molecule has 0 radical (unpaired) electrons. The Morgan fingerprint density at radius 2 is 1.86 bits per heavy atom. The molecular weight excluding hydrogens is 472 g/mol. The molecule has 0 saturated carbocycles. The smallest absolute Gasteiger partial charge is 0.350 e. The van der Waals surface area contributed by atoms with Gasteiger partial charge in [0.25, 0.3) is 0 Å². The highest BCUT2D eigenvalue weighted by molar-refractivity contribution is 7.21. The van der Waals surface area contributed by atoms with Gasteiger partial charge >= 0.3 is 12.0 Å². The van der Waals surface area contributed by atoms with Crippen LogP contribution >= 0.6 is 11.3 Å². The van der Waals surface area contributed by atoms with Crippen molar-refractivity contribution < 1.29 is 14.3 Å². The summed E-state index contributed by atoms with van der Waals surface area (Å²) >= 11 is 1.32. The summed E-state index contributed by atoms with van der Waals surface area (Å²) in [4.78, 5) is 33.5. The highest BCUT2D eigenvalue weighted by Gasteiger charge is 2.31. The molecule has 1 aliphatic heterocycles. The molecule has 2 aromatic heterocycles. The van der Waals surface area contributed by atoms with Crippen LogP contribution in [0.2, 0.25) is 0 Å². The molecule has 0 bridgehead atoms. The van der Waals surface area contributed by atoms with E-state index in [0.717, 1.165) is 40.9 Å². The number of likely N-dealkylation sites (tertiary alicyclic amines) is 1. The number of para-hydroxylation sites is 1. The number of esters is 1. The van der Waals surface area contributed by atoms with Crippen molar-refractivity contribution in [3.63, 3.8) is 0 Å². The van der Waals surface area contributed by atoms with Gasteiger partial charge in [0, 0.05) is 42.7 Å². The lowest BCUT2D eigenvalue weighted by atomic mass is 9.71. The number of hydrogen-bond donors (Lipinski definition) is 2. The normalized spacial score (nSPS) is 18.6. The second-order valence-corrected chi connectivity index (χ2v) is 12.0. The minimum atomic E-state index is -0.395. The number of nitrogens with one attached hydrogen (secondary N) is 1. The third-order valence-electron chi connectivity index (χ3n) is 7.52. The van der Waals surface area contributed by atoms with Crippen LogP contribution in [-0.4, -0.2) is 41.1 Å². The predicted molar refractivity (Wildman–Crippen MR) is 144 cm³/mol. The van der Waals surface area contributed by atoms with Crippen LogP contribution in [0.15, 0.2) is 36.4 Å². The molecule has 2 amide bonds. The zero-order valence-corrected chi connectivity index (χ0v) is 22.0. The second-order valence-electron chi connectivity index (χ2n) is 11.0. The van der Waals surface area contributed by atoms with Crippen LogP contribution < -0.4 is 11.1 Å². The summed E-state index contributed by atoms with van der Waals surface area (Å²) in [5.41, 5.74) is 10.3. The fraction of sp³-hybridized carbons (Fsp3) is 0.464. The first-order valence-corrected chi connectivity index (χ1v) is 13.5. The maximum atomic E-state index is 13.1. The van der Waals surface area contributed by atoms with Crippen LogP contribution in [0.3, 0.4) is 0 Å². The van der Waals surface area contributed by atoms with Crippen molar-refractivity contribution in [3.8, 4) is 0 Å². The van der Waals surface area contributed by atoms with E-state index < -0.39 is 5.97 Å². The van der Waals surface area contributed by atoms with Crippen molar-refractivity contribution in [2.45, 2.75) is 59.0 Å². The van der Waals surface area contributed by atoms with Gasteiger partial charge in [-0.2, -0.15) is 0 Å². The van der Waals surface area contributed by atoms with Gasteiger partial charge in [-0.3, -0.25) is 0 Å². The monoisotopic (exact) mass is 506 g/mol. The number of benzene rings is 1. The van der Waals surface area contributed by atoms with Crippen LogP contribution in [0.1, 0.15) is 61.0 Å². The molecule has 3 heterocycles. The topological polar surface area (TPSA) is 97.5 Å². The third-order valence-corrected chi connectivity index (χ3v) is 8.62. The van der Waals surface area contributed by atoms with E-state index in [9.17, 15) is 9.59 Å². The molecule has 1 aromatic carbocycles. The first-order chi connectivity index (χ1) is 17.2. The van der Waals surface area contributed by atoms with Crippen molar-refractivity contribution in [2.75, 3.05) is 24.1 Å². The molecular formula is C28H34N4O3S. The van der Waals surface area contributed by atoms with E-state index >= 15 is 0 Å². The highest BCUT2D eigenvalue weighted by atomic mass is 32.1. The molecule has 3 N–H and O–H groups in total. The fourth-order valence-corrected chi connectivity index (χ4v) is 6.17. The number of carbonyl (C=O) groups excluding carboxylic acids is 2. The molecule has 3 aromatic rings. The minimum absolute atomic E-state index is 0.136. The van der Waals surface area contributed by atoms with Crippen LogP contribution in [0.5, 0.6) is 0 Å². The molecule has 190 valence electrons. The number of fused-ring (bicyclic) bond motifs is 2. The predicted octanol–water partition coefficient (Wildman–Crippen LogP) is 5.88. The average molecular weight is 507 g/mol. The Kier molecular flexibility index (Phi) is 6.64. The lowest BCUT2D eigenvalue weighted by Gasteiger charge is -2.34. The van der Waals surface area contributed by atoms with E-state index in [0.29, 0.717) is 42.4 Å². The Morgan fingerprint density at radius 3 is 2.56 bits per heavy atom. The van der Waals surface area contributed by atoms with Crippen LogP contribution in [0.4, 0.5) is 16.2 Å². The molecule has 1 saturated heterocycles. The number of rotatable bonds is 3. The minimum Gasteiger partial charge on any atom is -0.458 e. The third kappa shape index (κ3) is 5.05. The van der Waals surface area contributed by atoms with Crippen molar-refractivity contribution in [1.82, 2.24) is 9.88 Å². The first-order valence-electron chi connectivity index (χ1n) is 12.7. The van der Waals surface area contributed by atoms with Crippen LogP contribution in [-0.2, 0) is 17.6 Å². The number of aromatic nitrogens is 1. The summed E-state index contributed by atoms with van der Waals surface area (Å²) in [6, 6.07) is 11.4. The lowest BCUT2D eigenvalue weighted by molar-refractivity contribution is 0.0164. The van der Waals surface area contributed by atoms with E-state index in [4.69, 9.17) is 15.5 Å². The van der Waals surface area contributed by atoms with Gasteiger partial charge < -0.3 is 20.7 Å². The van der Waals surface area contributed by atoms with E-state index in [2.05, 4.69) is 32.2 Å². The number of nitrogens with zero attached hydrogens (tertiary/aromatic N) is 2. The largest absolute Gasteiger partial charge is 0.458 e. The summed E-state index contributed by atoms with van der Waals surface area (Å²) in [6.45, 7) is 7.94. The number of carbonyl (C=O) groups is 2. The number of anilines is 2. The maximum absolute atomic E-state index is 13.1. The first kappa shape index (κ1) is 24.6. The molecule has 0 spiro atoms. The summed E-state index contributed by atoms with van der Waals surface area (Å²) in [5.74, 6) is 0.211. The zero-order valence-electron chi connectivity index (χ0n) is 21.2. The van der Waals surface area contributed by atoms with E-state index in [1.807, 2.05) is 30.3 Å². The van der Waals surface area contributed by atoms with E-state index in [-0.39, 0.29) is 17.6 Å². The van der Waals surface area contributed by atoms with Crippen molar-refractivity contribution in [1.29, 1.82) is 0 Å². The SMILES string of the molecule is CC(C)(C)[C@H]1CCc2nc3sc(C(=O)OC4CCN(C(=O)Nc5ccccc5)CC4)c(N)c3cc2C1. The number of amides is 2.